The van der Waals surface area contributed by atoms with Crippen LogP contribution in [0.2, 0.25) is 0 Å². The number of carbonyl (C=O) groups is 3. The number of benzene rings is 10. The van der Waals surface area contributed by atoms with Gasteiger partial charge in [-0.3, -0.25) is 24.2 Å². The number of amides is 3. The number of nitrogens with two attached hydrogens (primary N) is 1. The maximum Gasteiger partial charge on any atom is 0.255 e. The molecular formula is C104H125N15O4. The van der Waals surface area contributed by atoms with Crippen molar-refractivity contribution < 1.29 is 19.1 Å². The summed E-state index contributed by atoms with van der Waals surface area (Å²) in [5.74, 6) is 1.23. The van der Waals surface area contributed by atoms with Gasteiger partial charge in [-0.1, -0.05) is 115 Å². The second-order valence-corrected chi connectivity index (χ2v) is 33.3. The minimum absolute atomic E-state index is 0.125. The van der Waals surface area contributed by atoms with Crippen molar-refractivity contribution in [3.8, 4) is 11.5 Å². The quantitative estimate of drug-likeness (QED) is 0.0316. The van der Waals surface area contributed by atoms with E-state index in [1.54, 1.807) is 12.1 Å². The Hall–Kier alpha value is -11.9. The van der Waals surface area contributed by atoms with Crippen LogP contribution in [-0.2, 0) is 45.6 Å². The highest BCUT2D eigenvalue weighted by molar-refractivity contribution is 6.05. The number of aryl methyl sites for hydroxylation is 5. The number of piperazine rings is 2. The van der Waals surface area contributed by atoms with Crippen LogP contribution in [0.3, 0.4) is 0 Å². The number of fused-ring (bicyclic) bond motifs is 4. The van der Waals surface area contributed by atoms with Crippen LogP contribution in [0.15, 0.2) is 279 Å². The maximum atomic E-state index is 13.0. The van der Waals surface area contributed by atoms with Crippen LogP contribution in [0.4, 0.5) is 22.7 Å². The van der Waals surface area contributed by atoms with Gasteiger partial charge in [0.05, 0.1) is 0 Å². The molecule has 2 fully saturated rings. The molecule has 5 N–H and O–H groups in total. The van der Waals surface area contributed by atoms with E-state index in [1.165, 1.54) is 86.8 Å². The monoisotopic (exact) mass is 1650 g/mol. The summed E-state index contributed by atoms with van der Waals surface area (Å²) < 4.78 is 15.4. The molecule has 2 aliphatic rings. The molecule has 10 aromatic carbocycles. The Morgan fingerprint density at radius 1 is 0.374 bits per heavy atom. The Kier molecular flexibility index (Phi) is 32.3. The fourth-order valence-electron chi connectivity index (χ4n) is 16.3. The lowest BCUT2D eigenvalue weighted by Crippen LogP contribution is -2.49. The molecule has 19 heteroatoms. The van der Waals surface area contributed by atoms with Crippen molar-refractivity contribution in [1.82, 2.24) is 52.6 Å². The number of nitrogens with zero attached hydrogens (tertiary/aromatic N) is 11. The van der Waals surface area contributed by atoms with Gasteiger partial charge >= 0.3 is 0 Å². The van der Waals surface area contributed by atoms with Gasteiger partial charge in [0.25, 0.3) is 17.7 Å². The molecule has 0 saturated carbocycles. The van der Waals surface area contributed by atoms with E-state index in [0.717, 1.165) is 175 Å². The fraction of sp³-hybridized carbons (Fsp3) is 0.317. The number of hydrogen-bond donors (Lipinski definition) is 4. The lowest BCUT2D eigenvalue weighted by molar-refractivity contribution is 0.0638. The molecule has 4 aromatic heterocycles. The number of ether oxygens (including phenoxy) is 1. The Bertz CT molecular complexity index is 5480. The van der Waals surface area contributed by atoms with Gasteiger partial charge in [-0.25, -0.2) is 0 Å². The molecule has 3 amide bonds. The van der Waals surface area contributed by atoms with E-state index in [9.17, 15) is 14.4 Å². The minimum Gasteiger partial charge on any atom is -0.457 e. The first-order valence-corrected chi connectivity index (χ1v) is 43.8. The Labute approximate surface area is 727 Å². The lowest BCUT2D eigenvalue weighted by atomic mass is 10.1. The highest BCUT2D eigenvalue weighted by Gasteiger charge is 2.24. The first kappa shape index (κ1) is 88.9. The van der Waals surface area contributed by atoms with Crippen molar-refractivity contribution in [2.24, 2.45) is 5.73 Å². The topological polar surface area (TPSA) is 165 Å². The van der Waals surface area contributed by atoms with Gasteiger partial charge in [-0.15, -0.1) is 0 Å². The summed E-state index contributed by atoms with van der Waals surface area (Å²) in [6.45, 7) is 24.0. The number of anilines is 4. The molecule has 14 aromatic rings. The van der Waals surface area contributed by atoms with Crippen LogP contribution < -0.4 is 26.4 Å². The average molecular weight is 1650 g/mol. The molecule has 19 nitrogen and oxygen atoms in total. The first-order valence-electron chi connectivity index (χ1n) is 43.8. The highest BCUT2D eigenvalue weighted by atomic mass is 16.5. The lowest BCUT2D eigenvalue weighted by Gasteiger charge is -2.34. The van der Waals surface area contributed by atoms with Gasteiger partial charge in [0.15, 0.2) is 0 Å². The van der Waals surface area contributed by atoms with Gasteiger partial charge in [0, 0.05) is 206 Å². The molecule has 2 saturated heterocycles. The van der Waals surface area contributed by atoms with E-state index in [4.69, 9.17) is 10.5 Å². The number of aromatic nitrogens is 4. The second kappa shape index (κ2) is 44.8. The first-order chi connectivity index (χ1) is 59.9. The van der Waals surface area contributed by atoms with Crippen molar-refractivity contribution in [3.05, 3.63) is 324 Å². The standard InChI is InChI=1S/C28H40N4.C26H28N4O.C26H27N3O2.C24H30N4O/c1-23-24(2)32(15-8-14-29(3)4)28-12-11-26(21-27(23)28)22-31-19-17-30(18-20-31)16-13-25-9-6-5-7-10-25;1-29(2)15-7-16-30-17-14-20-18-24(12-13-25(20)30)27-23-11-6-8-21(19-23)26(31)28-22-9-4-3-5-10-22;1-28(2)15-7-16-29-17-14-20-18-24(12-13-25(20)29)31-23-11-6-8-21(19-23)26(30)27-22-9-4-3-5-10-22;25-11-4-12-27-14-10-21-19-22(7-8-23(21)27)24(29)28-17-15-26(16-18-28)13-9-20-5-2-1-3-6-20/h5-7,9-12,21H,8,13-20,22H2,1-4H3;3-6,8-14,17-19,27H,7,15-16H2,1-2H3,(H,28,31);3-6,8-14,17-19H,7,15-16H2,1-2H3,(H,27,30);1-3,5-8,10,14,19H,4,9,11-13,15-18,25H2. The van der Waals surface area contributed by atoms with E-state index in [0.29, 0.717) is 23.4 Å². The third-order valence-corrected chi connectivity index (χ3v) is 23.3. The van der Waals surface area contributed by atoms with Gasteiger partial charge in [-0.05, 0) is 289 Å². The van der Waals surface area contributed by atoms with Crippen molar-refractivity contribution in [3.63, 3.8) is 0 Å². The van der Waals surface area contributed by atoms with Crippen LogP contribution in [0, 0.1) is 13.8 Å². The summed E-state index contributed by atoms with van der Waals surface area (Å²) in [7, 11) is 12.7. The second-order valence-electron chi connectivity index (χ2n) is 33.3. The molecule has 0 aliphatic carbocycles. The molecule has 0 atom stereocenters. The van der Waals surface area contributed by atoms with E-state index in [2.05, 4.69) is 266 Å². The Morgan fingerprint density at radius 3 is 1.37 bits per heavy atom. The van der Waals surface area contributed by atoms with Crippen molar-refractivity contribution in [2.75, 3.05) is 150 Å². The summed E-state index contributed by atoms with van der Waals surface area (Å²) in [5, 5.41) is 14.2. The Balaban J connectivity index is 0.000000141. The average Bonchev–Trinajstić information content (AvgIpc) is 1.62. The van der Waals surface area contributed by atoms with Crippen molar-refractivity contribution in [1.29, 1.82) is 0 Å². The summed E-state index contributed by atoms with van der Waals surface area (Å²) in [4.78, 5) is 54.5. The number of rotatable bonds is 32. The van der Waals surface area contributed by atoms with Crippen LogP contribution in [0.25, 0.3) is 43.6 Å². The largest absolute Gasteiger partial charge is 0.457 e. The maximum absolute atomic E-state index is 13.0. The number of hydrogen-bond acceptors (Lipinski definition) is 12. The van der Waals surface area contributed by atoms with E-state index >= 15 is 0 Å². The van der Waals surface area contributed by atoms with E-state index in [1.807, 2.05) is 126 Å². The highest BCUT2D eigenvalue weighted by Crippen LogP contribution is 2.32. The number of nitrogens with one attached hydrogen (secondary N) is 3. The molecule has 640 valence electrons. The third-order valence-electron chi connectivity index (χ3n) is 23.3. The van der Waals surface area contributed by atoms with Crippen LogP contribution >= 0.6 is 0 Å². The molecule has 123 heavy (non-hydrogen) atoms. The molecule has 0 bridgehead atoms. The predicted octanol–water partition coefficient (Wildman–Crippen LogP) is 18.8. The van der Waals surface area contributed by atoms with Gasteiger partial charge in [-0.2, -0.15) is 0 Å². The van der Waals surface area contributed by atoms with Gasteiger partial charge < -0.3 is 69.2 Å². The van der Waals surface area contributed by atoms with E-state index in [-0.39, 0.29) is 17.7 Å². The molecule has 0 radical (unpaired) electrons. The van der Waals surface area contributed by atoms with Crippen LogP contribution in [-0.4, -0.2) is 204 Å². The summed E-state index contributed by atoms with van der Waals surface area (Å²) in [6, 6.07) is 87.2. The number of carbonyl (C=O) groups excluding carboxylic acids is 3. The third kappa shape index (κ3) is 25.8. The minimum atomic E-state index is -0.165. The molecule has 6 heterocycles. The summed E-state index contributed by atoms with van der Waals surface area (Å²) in [5.41, 5.74) is 23.1. The van der Waals surface area contributed by atoms with Crippen molar-refractivity contribution >= 4 is 84.1 Å². The zero-order chi connectivity index (χ0) is 85.8. The fourth-order valence-corrected chi connectivity index (χ4v) is 16.3. The molecule has 16 rings (SSSR count). The molecule has 0 spiro atoms. The van der Waals surface area contributed by atoms with Crippen molar-refractivity contribution in [2.45, 2.75) is 85.1 Å². The molecule has 0 unspecified atom stereocenters. The molecular weight excluding hydrogens is 1520 g/mol. The molecule has 2 aliphatic heterocycles. The van der Waals surface area contributed by atoms with Crippen LogP contribution in [0.5, 0.6) is 11.5 Å². The van der Waals surface area contributed by atoms with Crippen LogP contribution in [0.1, 0.15) is 84.7 Å². The predicted molar refractivity (Wildman–Crippen MR) is 510 cm³/mol. The SMILES string of the molecule is CN(C)CCCn1ccc2cc(Nc3cccc(C(=O)Nc4ccccc4)c3)ccc21.CN(C)CCCn1ccc2cc(Oc3cccc(C(=O)Nc4ccccc4)c3)ccc21.Cc1c(C)n(CCCN(C)C)c2ccc(CN3CCN(CCc4ccccc4)CC3)cc12.NCCCn1ccc2cc(C(=O)N3CCN(CCc4ccccc4)CC3)ccc21. The Morgan fingerprint density at radius 2 is 0.821 bits per heavy atom. The zero-order valence-electron chi connectivity index (χ0n) is 73.4. The van der Waals surface area contributed by atoms with Gasteiger partial charge in [0.2, 0.25) is 0 Å². The van der Waals surface area contributed by atoms with Gasteiger partial charge in [0.1, 0.15) is 11.5 Å². The number of para-hydroxylation sites is 2. The normalized spacial score (nSPS) is 13.3. The summed E-state index contributed by atoms with van der Waals surface area (Å²) in [6.07, 6.45) is 12.9. The van der Waals surface area contributed by atoms with E-state index < -0.39 is 0 Å². The zero-order valence-corrected chi connectivity index (χ0v) is 73.4. The summed E-state index contributed by atoms with van der Waals surface area (Å²) >= 11 is 0. The smallest absolute Gasteiger partial charge is 0.255 e.